The van der Waals surface area contributed by atoms with Crippen molar-refractivity contribution < 1.29 is 37.0 Å². The number of benzene rings is 3. The van der Waals surface area contributed by atoms with E-state index in [1.165, 1.54) is 0 Å². The van der Waals surface area contributed by atoms with E-state index in [1.54, 1.807) is 38.1 Å². The second-order valence-corrected chi connectivity index (χ2v) is 17.7. The van der Waals surface area contributed by atoms with E-state index in [2.05, 4.69) is 45.0 Å². The molecule has 3 atom stereocenters. The molecule has 0 aromatic heterocycles. The summed E-state index contributed by atoms with van der Waals surface area (Å²) in [5, 5.41) is 2.01. The molecule has 3 aromatic carbocycles. The maximum Gasteiger partial charge on any atom is 0.356 e. The van der Waals surface area contributed by atoms with E-state index >= 15 is 0 Å². The topological polar surface area (TPSA) is 89.5 Å². The van der Waals surface area contributed by atoms with Crippen LogP contribution in [0.5, 0.6) is 0 Å². The predicted molar refractivity (Wildman–Crippen MR) is 169 cm³/mol. The van der Waals surface area contributed by atoms with Crippen LogP contribution >= 0.6 is 7.60 Å². The number of rotatable bonds is 14. The van der Waals surface area contributed by atoms with Gasteiger partial charge in [-0.25, -0.2) is 4.79 Å². The Bertz CT molecular complexity index is 1280. The van der Waals surface area contributed by atoms with Crippen LogP contribution in [0.4, 0.5) is 0 Å². The van der Waals surface area contributed by atoms with Crippen molar-refractivity contribution in [2.24, 2.45) is 0 Å². The minimum absolute atomic E-state index is 0.161. The Kier molecular flexibility index (Phi) is 11.5. The molecule has 0 saturated carbocycles. The normalized spacial score (nSPS) is 19.3. The highest BCUT2D eigenvalue weighted by molar-refractivity contribution is 7.53. The lowest BCUT2D eigenvalue weighted by molar-refractivity contribution is -0.134. The molecule has 0 radical (unpaired) electrons. The summed E-state index contributed by atoms with van der Waals surface area (Å²) in [5.41, 5.74) is 0.440. The molecule has 1 aliphatic heterocycles. The molecule has 1 fully saturated rings. The minimum Gasteiger partial charge on any atom is -0.456 e. The molecule has 4 rings (SSSR count). The third-order valence-corrected chi connectivity index (χ3v) is 14.2. The lowest BCUT2D eigenvalue weighted by atomic mass is 10.2. The van der Waals surface area contributed by atoms with E-state index < -0.39 is 40.4 Å². The van der Waals surface area contributed by atoms with Crippen molar-refractivity contribution in [3.63, 3.8) is 0 Å². The van der Waals surface area contributed by atoms with Crippen LogP contribution < -0.4 is 10.4 Å². The van der Waals surface area contributed by atoms with E-state index in [9.17, 15) is 9.36 Å². The molecule has 0 amide bonds. The summed E-state index contributed by atoms with van der Waals surface area (Å²) in [5.74, 6) is -0.459. The van der Waals surface area contributed by atoms with Crippen molar-refractivity contribution in [1.82, 2.24) is 0 Å². The van der Waals surface area contributed by atoms with Crippen molar-refractivity contribution in [1.29, 1.82) is 0 Å². The van der Waals surface area contributed by atoms with E-state index in [0.29, 0.717) is 5.56 Å². The lowest BCUT2D eigenvalue weighted by Gasteiger charge is -2.43. The molecule has 43 heavy (non-hydrogen) atoms. The lowest BCUT2D eigenvalue weighted by Crippen LogP contribution is -2.67. The first-order valence-electron chi connectivity index (χ1n) is 14.8. The van der Waals surface area contributed by atoms with Gasteiger partial charge in [0, 0.05) is 6.42 Å². The Morgan fingerprint density at radius 3 is 1.86 bits per heavy atom. The third-order valence-electron chi connectivity index (χ3n) is 7.38. The van der Waals surface area contributed by atoms with Gasteiger partial charge in [-0.3, -0.25) is 4.57 Å². The van der Waals surface area contributed by atoms with Crippen LogP contribution in [0.25, 0.3) is 0 Å². The van der Waals surface area contributed by atoms with Crippen molar-refractivity contribution in [3.8, 4) is 0 Å². The fourth-order valence-electron chi connectivity index (χ4n) is 5.49. The van der Waals surface area contributed by atoms with Gasteiger partial charge in [-0.1, -0.05) is 99.6 Å². The summed E-state index contributed by atoms with van der Waals surface area (Å²) in [6.07, 6.45) is -2.12. The Labute approximate surface area is 256 Å². The average molecular weight is 627 g/mol. The maximum atomic E-state index is 13.1. The number of ether oxygens (including phenoxy) is 3. The standard InChI is InChI=1S/C33H43O8PSi/c1-6-37-42(35,38-7-2)25-36-31-23-29(41-32(34)26-17-11-8-12-18-26)30(40-31)24-39-43(33(3,4)5,27-19-13-9-14-20-27)28-21-15-10-16-22-28/h8-22,29-31H,6-7,23-25H2,1-5H3/t29?,30-,31-/m0/s1. The summed E-state index contributed by atoms with van der Waals surface area (Å²) >= 11 is 0. The van der Waals surface area contributed by atoms with Gasteiger partial charge < -0.3 is 27.7 Å². The number of carbonyl (C=O) groups excluding carboxylic acids is 1. The number of carbonyl (C=O) groups is 1. The molecule has 0 bridgehead atoms. The monoisotopic (exact) mass is 626 g/mol. The summed E-state index contributed by atoms with van der Waals surface area (Å²) in [6, 6.07) is 29.5. The Balaban J connectivity index is 1.62. The molecular weight excluding hydrogens is 583 g/mol. The van der Waals surface area contributed by atoms with Gasteiger partial charge in [0.05, 0.1) is 25.4 Å². The molecule has 232 valence electrons. The molecule has 1 heterocycles. The molecule has 3 aromatic rings. The first kappa shape index (κ1) is 33.3. The van der Waals surface area contributed by atoms with Gasteiger partial charge >= 0.3 is 13.6 Å². The van der Waals surface area contributed by atoms with E-state index in [-0.39, 0.29) is 37.6 Å². The molecule has 0 aliphatic carbocycles. The van der Waals surface area contributed by atoms with Gasteiger partial charge in [-0.05, 0) is 41.4 Å². The van der Waals surface area contributed by atoms with Crippen molar-refractivity contribution in [2.75, 3.05) is 26.2 Å². The van der Waals surface area contributed by atoms with E-state index in [1.807, 2.05) is 42.5 Å². The summed E-state index contributed by atoms with van der Waals surface area (Å²) < 4.78 is 49.1. The predicted octanol–water partition coefficient (Wildman–Crippen LogP) is 6.14. The van der Waals surface area contributed by atoms with Gasteiger partial charge in [0.1, 0.15) is 12.2 Å². The summed E-state index contributed by atoms with van der Waals surface area (Å²) in [7, 11) is -6.35. The van der Waals surface area contributed by atoms with Crippen LogP contribution in [0.3, 0.4) is 0 Å². The fourth-order valence-corrected chi connectivity index (χ4v) is 11.4. The first-order chi connectivity index (χ1) is 20.6. The number of hydrogen-bond donors (Lipinski definition) is 0. The van der Waals surface area contributed by atoms with Crippen LogP contribution in [-0.2, 0) is 32.2 Å². The second kappa shape index (κ2) is 14.9. The van der Waals surface area contributed by atoms with Gasteiger partial charge in [0.25, 0.3) is 8.32 Å². The molecule has 10 heteroatoms. The quantitative estimate of drug-likeness (QED) is 0.120. The Morgan fingerprint density at radius 1 is 0.860 bits per heavy atom. The largest absolute Gasteiger partial charge is 0.456 e. The summed E-state index contributed by atoms with van der Waals surface area (Å²) in [4.78, 5) is 13.1. The molecule has 1 aliphatic rings. The molecule has 8 nitrogen and oxygen atoms in total. The molecule has 1 unspecified atom stereocenters. The van der Waals surface area contributed by atoms with Crippen LogP contribution in [0.15, 0.2) is 91.0 Å². The fraction of sp³-hybridized carbons (Fsp3) is 0.424. The zero-order chi connectivity index (χ0) is 30.9. The zero-order valence-corrected chi connectivity index (χ0v) is 27.5. The van der Waals surface area contributed by atoms with Crippen molar-refractivity contribution in [3.05, 3.63) is 96.6 Å². The smallest absolute Gasteiger partial charge is 0.356 e. The zero-order valence-electron chi connectivity index (χ0n) is 25.6. The molecule has 1 saturated heterocycles. The van der Waals surface area contributed by atoms with Crippen molar-refractivity contribution in [2.45, 2.75) is 64.6 Å². The van der Waals surface area contributed by atoms with Crippen molar-refractivity contribution >= 4 is 32.3 Å². The average Bonchev–Trinajstić information content (AvgIpc) is 3.39. The van der Waals surface area contributed by atoms with Gasteiger partial charge in [-0.15, -0.1) is 0 Å². The SMILES string of the molecule is CCOP(=O)(CO[C@@H]1CC(OC(=O)c2ccccc2)[C@H](CO[Si](c2ccccc2)(c2ccccc2)C(C)(C)C)O1)OCC. The van der Waals surface area contributed by atoms with Gasteiger partial charge in [0.15, 0.2) is 12.6 Å². The van der Waals surface area contributed by atoms with E-state index in [0.717, 1.165) is 10.4 Å². The highest BCUT2D eigenvalue weighted by atomic mass is 31.2. The van der Waals surface area contributed by atoms with Crippen LogP contribution in [0.1, 0.15) is 51.4 Å². The number of esters is 1. The Hall–Kier alpha value is -2.62. The highest BCUT2D eigenvalue weighted by Gasteiger charge is 2.51. The van der Waals surface area contributed by atoms with Gasteiger partial charge in [-0.2, -0.15) is 0 Å². The molecular formula is C33H43O8PSi. The number of hydrogen-bond acceptors (Lipinski definition) is 8. The van der Waals surface area contributed by atoms with Gasteiger partial charge in [0.2, 0.25) is 0 Å². The van der Waals surface area contributed by atoms with Crippen LogP contribution in [-0.4, -0.2) is 59.0 Å². The summed E-state index contributed by atoms with van der Waals surface area (Å²) in [6.45, 7) is 10.7. The third kappa shape index (κ3) is 8.11. The molecule has 0 N–H and O–H groups in total. The Morgan fingerprint density at radius 2 is 1.37 bits per heavy atom. The second-order valence-electron chi connectivity index (χ2n) is 11.4. The maximum absolute atomic E-state index is 13.1. The van der Waals surface area contributed by atoms with Crippen LogP contribution in [0.2, 0.25) is 5.04 Å². The minimum atomic E-state index is -3.47. The van der Waals surface area contributed by atoms with E-state index in [4.69, 9.17) is 27.7 Å². The highest BCUT2D eigenvalue weighted by Crippen LogP contribution is 2.48. The first-order valence-corrected chi connectivity index (χ1v) is 18.4. The molecule has 0 spiro atoms. The van der Waals surface area contributed by atoms with Crippen LogP contribution in [0, 0.1) is 0 Å².